The van der Waals surface area contributed by atoms with E-state index in [1.54, 1.807) is 12.4 Å². The Bertz CT molecular complexity index is 1030. The molecule has 1 N–H and O–H groups in total. The van der Waals surface area contributed by atoms with E-state index in [1.165, 1.54) is 37.4 Å². The highest BCUT2D eigenvalue weighted by molar-refractivity contribution is 7.99. The van der Waals surface area contributed by atoms with Crippen molar-refractivity contribution in [3.8, 4) is 17.1 Å². The molecule has 2 aliphatic rings. The molecule has 2 aliphatic carbocycles. The van der Waals surface area contributed by atoms with E-state index in [9.17, 15) is 4.79 Å². The second kappa shape index (κ2) is 8.22. The lowest BCUT2D eigenvalue weighted by Crippen LogP contribution is -2.39. The standard InChI is InChI=1S/C23H25N5OS/c1-15-5-2-3-7-19(15)28-22(18-6-4-12-24-13-18)26-27-23(28)30-14-20(29)25-21(16-8-9-16)17-10-11-17/h2-7,12-13,16-17,21H,8-11,14H2,1H3,(H,25,29). The number of aryl methyl sites for hydroxylation is 1. The maximum Gasteiger partial charge on any atom is 0.230 e. The topological polar surface area (TPSA) is 72.7 Å². The highest BCUT2D eigenvalue weighted by Crippen LogP contribution is 2.44. The number of benzene rings is 1. The van der Waals surface area contributed by atoms with Gasteiger partial charge in [0.05, 0.1) is 11.4 Å². The second-order valence-electron chi connectivity index (χ2n) is 8.23. The average molecular weight is 420 g/mol. The molecule has 3 aromatic rings. The maximum atomic E-state index is 12.7. The van der Waals surface area contributed by atoms with E-state index in [2.05, 4.69) is 39.6 Å². The van der Waals surface area contributed by atoms with Crippen LogP contribution in [-0.4, -0.2) is 37.5 Å². The lowest BCUT2D eigenvalue weighted by Gasteiger charge is -2.17. The van der Waals surface area contributed by atoms with Gasteiger partial charge in [0, 0.05) is 24.0 Å². The Hall–Kier alpha value is -2.67. The Labute approximate surface area is 180 Å². The number of nitrogens with one attached hydrogen (secondary N) is 1. The summed E-state index contributed by atoms with van der Waals surface area (Å²) in [4.78, 5) is 16.9. The normalized spacial score (nSPS) is 16.1. The van der Waals surface area contributed by atoms with Gasteiger partial charge in [0.25, 0.3) is 0 Å². The van der Waals surface area contributed by atoms with Crippen LogP contribution < -0.4 is 5.32 Å². The molecule has 1 amide bonds. The summed E-state index contributed by atoms with van der Waals surface area (Å²) in [6.07, 6.45) is 8.55. The lowest BCUT2D eigenvalue weighted by atomic mass is 10.1. The monoisotopic (exact) mass is 419 g/mol. The van der Waals surface area contributed by atoms with E-state index >= 15 is 0 Å². The Morgan fingerprint density at radius 2 is 1.90 bits per heavy atom. The number of nitrogens with zero attached hydrogens (tertiary/aromatic N) is 4. The minimum absolute atomic E-state index is 0.0889. The van der Waals surface area contributed by atoms with Crippen molar-refractivity contribution in [1.29, 1.82) is 0 Å². The molecule has 5 rings (SSSR count). The van der Waals surface area contributed by atoms with Gasteiger partial charge in [-0.1, -0.05) is 30.0 Å². The predicted octanol–water partition coefficient (Wildman–Crippen LogP) is 4.03. The second-order valence-corrected chi connectivity index (χ2v) is 9.17. The molecule has 1 aromatic carbocycles. The zero-order valence-electron chi connectivity index (χ0n) is 17.0. The first-order valence-corrected chi connectivity index (χ1v) is 11.5. The lowest BCUT2D eigenvalue weighted by molar-refractivity contribution is -0.119. The minimum Gasteiger partial charge on any atom is -0.352 e. The van der Waals surface area contributed by atoms with Gasteiger partial charge in [-0.05, 0) is 68.2 Å². The Morgan fingerprint density at radius 3 is 2.57 bits per heavy atom. The van der Waals surface area contributed by atoms with Gasteiger partial charge >= 0.3 is 0 Å². The van der Waals surface area contributed by atoms with Crippen LogP contribution >= 0.6 is 11.8 Å². The summed E-state index contributed by atoms with van der Waals surface area (Å²) in [5, 5.41) is 12.9. The smallest absolute Gasteiger partial charge is 0.230 e. The summed E-state index contributed by atoms with van der Waals surface area (Å²) in [5.74, 6) is 2.55. The molecule has 0 aliphatic heterocycles. The van der Waals surface area contributed by atoms with Gasteiger partial charge < -0.3 is 5.32 Å². The summed E-state index contributed by atoms with van der Waals surface area (Å²) in [5.41, 5.74) is 3.03. The fourth-order valence-electron chi connectivity index (χ4n) is 3.97. The first kappa shape index (κ1) is 19.3. The number of rotatable bonds is 8. The molecule has 0 radical (unpaired) electrons. The van der Waals surface area contributed by atoms with Gasteiger partial charge in [-0.15, -0.1) is 10.2 Å². The van der Waals surface area contributed by atoms with Crippen molar-refractivity contribution < 1.29 is 4.79 Å². The van der Waals surface area contributed by atoms with Crippen LogP contribution in [0.15, 0.2) is 53.9 Å². The van der Waals surface area contributed by atoms with Gasteiger partial charge in [-0.3, -0.25) is 14.3 Å². The number of carbonyl (C=O) groups is 1. The van der Waals surface area contributed by atoms with Crippen molar-refractivity contribution >= 4 is 17.7 Å². The molecule has 0 spiro atoms. The van der Waals surface area contributed by atoms with Crippen molar-refractivity contribution in [3.05, 3.63) is 54.4 Å². The summed E-state index contributed by atoms with van der Waals surface area (Å²) in [6.45, 7) is 2.07. The third-order valence-corrected chi connectivity index (χ3v) is 6.76. The van der Waals surface area contributed by atoms with Crippen LogP contribution in [-0.2, 0) is 4.79 Å². The molecule has 2 heterocycles. The van der Waals surface area contributed by atoms with Crippen LogP contribution in [0.5, 0.6) is 0 Å². The van der Waals surface area contributed by atoms with Crippen LogP contribution in [0.1, 0.15) is 31.2 Å². The van der Waals surface area contributed by atoms with Crippen molar-refractivity contribution in [3.63, 3.8) is 0 Å². The number of amides is 1. The minimum atomic E-state index is 0.0889. The number of aromatic nitrogens is 4. The van der Waals surface area contributed by atoms with E-state index in [1.807, 2.05) is 28.8 Å². The van der Waals surface area contributed by atoms with Crippen LogP contribution in [0, 0.1) is 18.8 Å². The molecule has 2 saturated carbocycles. The molecule has 2 fully saturated rings. The van der Waals surface area contributed by atoms with Gasteiger partial charge in [0.15, 0.2) is 11.0 Å². The van der Waals surface area contributed by atoms with Gasteiger partial charge in [-0.25, -0.2) is 0 Å². The number of hydrogen-bond acceptors (Lipinski definition) is 5. The van der Waals surface area contributed by atoms with Crippen molar-refractivity contribution in [1.82, 2.24) is 25.1 Å². The van der Waals surface area contributed by atoms with Crippen LogP contribution in [0.2, 0.25) is 0 Å². The van der Waals surface area contributed by atoms with Gasteiger partial charge in [0.1, 0.15) is 0 Å². The SMILES string of the molecule is Cc1ccccc1-n1c(SCC(=O)NC(C2CC2)C2CC2)nnc1-c1cccnc1. The molecule has 7 heteroatoms. The molecular weight excluding hydrogens is 394 g/mol. The highest BCUT2D eigenvalue weighted by atomic mass is 32.2. The van der Waals surface area contributed by atoms with E-state index in [-0.39, 0.29) is 5.91 Å². The predicted molar refractivity (Wildman–Crippen MR) is 117 cm³/mol. The first-order valence-electron chi connectivity index (χ1n) is 10.5. The summed E-state index contributed by atoms with van der Waals surface area (Å²) in [7, 11) is 0. The van der Waals surface area contributed by atoms with E-state index in [4.69, 9.17) is 0 Å². The Balaban J connectivity index is 1.39. The van der Waals surface area contributed by atoms with E-state index in [0.717, 1.165) is 22.6 Å². The number of hydrogen-bond donors (Lipinski definition) is 1. The van der Waals surface area contributed by atoms with E-state index in [0.29, 0.717) is 28.8 Å². The van der Waals surface area contributed by atoms with Crippen LogP contribution in [0.3, 0.4) is 0 Å². The fourth-order valence-corrected chi connectivity index (χ4v) is 4.72. The molecule has 0 atom stereocenters. The number of pyridine rings is 1. The molecule has 2 aromatic heterocycles. The molecular formula is C23H25N5OS. The largest absolute Gasteiger partial charge is 0.352 e. The zero-order chi connectivity index (χ0) is 20.5. The van der Waals surface area contributed by atoms with E-state index < -0.39 is 0 Å². The van der Waals surface area contributed by atoms with Crippen molar-refractivity contribution in [2.24, 2.45) is 11.8 Å². The Kier molecular flexibility index (Phi) is 5.29. The van der Waals surface area contributed by atoms with Crippen LogP contribution in [0.4, 0.5) is 0 Å². The number of thioether (sulfide) groups is 1. The average Bonchev–Trinajstić information content (AvgIpc) is 3.69. The highest BCUT2D eigenvalue weighted by Gasteiger charge is 2.42. The molecule has 30 heavy (non-hydrogen) atoms. The van der Waals surface area contributed by atoms with Gasteiger partial charge in [-0.2, -0.15) is 0 Å². The summed E-state index contributed by atoms with van der Waals surface area (Å²) in [6, 6.07) is 12.4. The molecule has 0 bridgehead atoms. The molecule has 0 unspecified atom stereocenters. The van der Waals surface area contributed by atoms with Crippen molar-refractivity contribution in [2.45, 2.75) is 43.8 Å². The summed E-state index contributed by atoms with van der Waals surface area (Å²) >= 11 is 1.44. The fraction of sp³-hybridized carbons (Fsp3) is 0.391. The molecule has 0 saturated heterocycles. The van der Waals surface area contributed by atoms with Crippen molar-refractivity contribution in [2.75, 3.05) is 5.75 Å². The van der Waals surface area contributed by atoms with Gasteiger partial charge in [0.2, 0.25) is 5.91 Å². The molecule has 154 valence electrons. The molecule has 6 nitrogen and oxygen atoms in total. The maximum absolute atomic E-state index is 12.7. The summed E-state index contributed by atoms with van der Waals surface area (Å²) < 4.78 is 2.03. The third kappa shape index (κ3) is 4.12. The Morgan fingerprint density at radius 1 is 1.13 bits per heavy atom. The quantitative estimate of drug-likeness (QED) is 0.558. The third-order valence-electron chi connectivity index (χ3n) is 5.83. The first-order chi connectivity index (χ1) is 14.7. The van der Waals surface area contributed by atoms with Crippen LogP contribution in [0.25, 0.3) is 17.1 Å². The zero-order valence-corrected chi connectivity index (χ0v) is 17.8. The number of para-hydroxylation sites is 1. The number of carbonyl (C=O) groups excluding carboxylic acids is 1.